The van der Waals surface area contributed by atoms with Crippen molar-refractivity contribution >= 4 is 44.6 Å². The lowest BCUT2D eigenvalue weighted by Crippen LogP contribution is -2.59. The van der Waals surface area contributed by atoms with Crippen molar-refractivity contribution < 1.29 is 22.7 Å². The summed E-state index contributed by atoms with van der Waals surface area (Å²) >= 11 is 6.03. The topological polar surface area (TPSA) is 96.0 Å². The highest BCUT2D eigenvalue weighted by molar-refractivity contribution is 7.94. The fourth-order valence-electron chi connectivity index (χ4n) is 4.98. The fraction of sp³-hybridized carbons (Fsp3) is 0.333. The second-order valence-corrected chi connectivity index (χ2v) is 12.8. The minimum atomic E-state index is -4.43. The van der Waals surface area contributed by atoms with Crippen LogP contribution in [0.3, 0.4) is 0 Å². The fourth-order valence-corrected chi connectivity index (χ4v) is 7.42. The summed E-state index contributed by atoms with van der Waals surface area (Å²) in [5.41, 5.74) is 3.23. The molecule has 10 heteroatoms. The molecule has 3 aromatic carbocycles. The van der Waals surface area contributed by atoms with E-state index in [0.29, 0.717) is 16.1 Å². The number of esters is 1. The SMILES string of the molecule is CCOC(=O)[C@H]1[C@H](c2ccc(N(C)C)cc2)N[C@H](c2ccc(N(C)C)cc2)[C@@H](C(=O)c2ccc(Cl)cc2)S1(=O)=O. The van der Waals surface area contributed by atoms with Gasteiger partial charge in [-0.05, 0) is 66.6 Å². The van der Waals surface area contributed by atoms with Gasteiger partial charge in [0.1, 0.15) is 5.25 Å². The van der Waals surface area contributed by atoms with Crippen LogP contribution >= 0.6 is 11.6 Å². The molecule has 40 heavy (non-hydrogen) atoms. The third-order valence-electron chi connectivity index (χ3n) is 7.12. The Morgan fingerprint density at radius 2 is 1.23 bits per heavy atom. The van der Waals surface area contributed by atoms with Crippen LogP contribution in [-0.4, -0.2) is 65.5 Å². The second-order valence-electron chi connectivity index (χ2n) is 10.1. The molecule has 0 unspecified atom stereocenters. The maximum absolute atomic E-state index is 14.4. The molecule has 1 heterocycles. The smallest absolute Gasteiger partial charge is 0.326 e. The zero-order valence-electron chi connectivity index (χ0n) is 23.2. The summed E-state index contributed by atoms with van der Waals surface area (Å²) in [5.74, 6) is -1.52. The number of sulfone groups is 1. The van der Waals surface area contributed by atoms with E-state index in [4.69, 9.17) is 16.3 Å². The molecular formula is C30H34ClN3O5S. The van der Waals surface area contributed by atoms with E-state index < -0.39 is 44.2 Å². The van der Waals surface area contributed by atoms with Gasteiger partial charge in [0.15, 0.2) is 20.9 Å². The number of carbonyl (C=O) groups excluding carboxylic acids is 2. The quantitative estimate of drug-likeness (QED) is 0.307. The maximum atomic E-state index is 14.4. The van der Waals surface area contributed by atoms with Crippen LogP contribution in [-0.2, 0) is 19.4 Å². The molecule has 0 amide bonds. The lowest BCUT2D eigenvalue weighted by Gasteiger charge is -2.41. The Morgan fingerprint density at radius 3 is 1.65 bits per heavy atom. The van der Waals surface area contributed by atoms with Crippen LogP contribution in [0.5, 0.6) is 0 Å². The number of nitrogens with one attached hydrogen (secondary N) is 1. The Balaban J connectivity index is 1.89. The first-order valence-electron chi connectivity index (χ1n) is 13.0. The number of halogens is 1. The summed E-state index contributed by atoms with van der Waals surface area (Å²) in [4.78, 5) is 31.1. The monoisotopic (exact) mass is 583 g/mol. The first kappa shape index (κ1) is 29.6. The van der Waals surface area contributed by atoms with Gasteiger partial charge in [0.05, 0.1) is 18.7 Å². The number of rotatable bonds is 8. The van der Waals surface area contributed by atoms with Crippen LogP contribution < -0.4 is 15.1 Å². The number of carbonyl (C=O) groups is 2. The number of benzene rings is 3. The minimum absolute atomic E-state index is 0.00235. The molecule has 3 aromatic rings. The van der Waals surface area contributed by atoms with E-state index in [1.807, 2.05) is 74.4 Å². The molecule has 0 spiro atoms. The van der Waals surface area contributed by atoms with Crippen LogP contribution in [0.1, 0.15) is 40.5 Å². The van der Waals surface area contributed by atoms with E-state index in [1.54, 1.807) is 19.1 Å². The Labute approximate surface area is 240 Å². The van der Waals surface area contributed by atoms with Crippen LogP contribution in [0.2, 0.25) is 5.02 Å². The summed E-state index contributed by atoms with van der Waals surface area (Å²) in [6, 6.07) is 18.8. The Hall–Kier alpha value is -3.40. The van der Waals surface area contributed by atoms with Crippen molar-refractivity contribution in [3.8, 4) is 0 Å². The van der Waals surface area contributed by atoms with E-state index in [9.17, 15) is 18.0 Å². The number of hydrogen-bond donors (Lipinski definition) is 1. The third-order valence-corrected chi connectivity index (χ3v) is 9.73. The highest BCUT2D eigenvalue weighted by atomic mass is 35.5. The number of ether oxygens (including phenoxy) is 1. The minimum Gasteiger partial charge on any atom is -0.465 e. The largest absolute Gasteiger partial charge is 0.465 e. The first-order valence-corrected chi connectivity index (χ1v) is 14.9. The van der Waals surface area contributed by atoms with Gasteiger partial charge in [-0.15, -0.1) is 0 Å². The molecular weight excluding hydrogens is 550 g/mol. The Morgan fingerprint density at radius 1 is 0.775 bits per heavy atom. The van der Waals surface area contributed by atoms with Crippen molar-refractivity contribution in [2.75, 3.05) is 44.6 Å². The maximum Gasteiger partial charge on any atom is 0.326 e. The summed E-state index contributed by atoms with van der Waals surface area (Å²) < 4.78 is 34.1. The summed E-state index contributed by atoms with van der Waals surface area (Å²) in [5, 5.41) is 0.599. The molecule has 8 nitrogen and oxygen atoms in total. The molecule has 4 rings (SSSR count). The number of hydrogen-bond acceptors (Lipinski definition) is 8. The molecule has 1 aliphatic heterocycles. The molecule has 1 saturated heterocycles. The Kier molecular flexibility index (Phi) is 8.87. The summed E-state index contributed by atoms with van der Waals surface area (Å²) in [7, 11) is 3.19. The molecule has 0 aliphatic carbocycles. The standard InChI is InChI=1S/C30H34ClN3O5S/c1-6-39-30(36)29-26(20-11-17-24(18-12-20)34(4)5)32-25(19-9-15-23(16-10-19)33(2)3)28(40(29,37)38)27(35)21-7-13-22(31)14-8-21/h7-18,25-26,28-29,32H,6H2,1-5H3/t25-,26+,28+,29-/m1/s1. The van der Waals surface area contributed by atoms with Crippen LogP contribution in [0.4, 0.5) is 11.4 Å². The zero-order chi connectivity index (χ0) is 29.2. The highest BCUT2D eigenvalue weighted by Gasteiger charge is 2.56. The molecule has 1 aliphatic rings. The third kappa shape index (κ3) is 5.87. The van der Waals surface area contributed by atoms with Gasteiger partial charge in [-0.25, -0.2) is 8.42 Å². The second kappa shape index (κ2) is 12.0. The van der Waals surface area contributed by atoms with Crippen molar-refractivity contribution in [1.82, 2.24) is 5.32 Å². The molecule has 0 aromatic heterocycles. The number of ketones is 1. The summed E-state index contributed by atoms with van der Waals surface area (Å²) in [6.07, 6.45) is 0. The van der Waals surface area contributed by atoms with Crippen molar-refractivity contribution in [2.24, 2.45) is 0 Å². The van der Waals surface area contributed by atoms with Gasteiger partial charge in [-0.2, -0.15) is 0 Å². The molecule has 0 bridgehead atoms. The molecule has 1 fully saturated rings. The van der Waals surface area contributed by atoms with Crippen LogP contribution in [0.25, 0.3) is 0 Å². The summed E-state index contributed by atoms with van der Waals surface area (Å²) in [6.45, 7) is 1.62. The van der Waals surface area contributed by atoms with Crippen LogP contribution in [0, 0.1) is 0 Å². The predicted octanol–water partition coefficient (Wildman–Crippen LogP) is 4.46. The Bertz CT molecular complexity index is 1460. The van der Waals surface area contributed by atoms with Gasteiger partial charge in [0, 0.05) is 50.2 Å². The zero-order valence-corrected chi connectivity index (χ0v) is 24.7. The number of Topliss-reactive ketones (excluding diaryl/α,β-unsaturated/α-hetero) is 1. The molecule has 4 atom stereocenters. The van der Waals surface area contributed by atoms with Crippen molar-refractivity contribution in [3.63, 3.8) is 0 Å². The molecule has 0 saturated carbocycles. The molecule has 0 radical (unpaired) electrons. The van der Waals surface area contributed by atoms with Crippen molar-refractivity contribution in [2.45, 2.75) is 29.5 Å². The van der Waals surface area contributed by atoms with E-state index >= 15 is 0 Å². The van der Waals surface area contributed by atoms with E-state index in [-0.39, 0.29) is 12.2 Å². The van der Waals surface area contributed by atoms with Crippen molar-refractivity contribution in [1.29, 1.82) is 0 Å². The number of nitrogens with zero attached hydrogens (tertiary/aromatic N) is 2. The van der Waals surface area contributed by atoms with Gasteiger partial charge < -0.3 is 14.5 Å². The lowest BCUT2D eigenvalue weighted by atomic mass is 9.93. The lowest BCUT2D eigenvalue weighted by molar-refractivity contribution is -0.143. The highest BCUT2D eigenvalue weighted by Crippen LogP contribution is 2.40. The van der Waals surface area contributed by atoms with E-state index in [2.05, 4.69) is 5.32 Å². The molecule has 1 N–H and O–H groups in total. The van der Waals surface area contributed by atoms with Gasteiger partial charge in [0.25, 0.3) is 0 Å². The van der Waals surface area contributed by atoms with Gasteiger partial charge >= 0.3 is 5.97 Å². The normalized spacial score (nSPS) is 21.9. The molecule has 212 valence electrons. The van der Waals surface area contributed by atoms with E-state index in [0.717, 1.165) is 11.4 Å². The average molecular weight is 584 g/mol. The number of anilines is 2. The first-order chi connectivity index (χ1) is 18.9. The van der Waals surface area contributed by atoms with Gasteiger partial charge in [-0.3, -0.25) is 14.9 Å². The average Bonchev–Trinajstić information content (AvgIpc) is 2.92. The van der Waals surface area contributed by atoms with Crippen molar-refractivity contribution in [3.05, 3.63) is 94.5 Å². The predicted molar refractivity (Wildman–Crippen MR) is 159 cm³/mol. The van der Waals surface area contributed by atoms with Crippen LogP contribution in [0.15, 0.2) is 72.8 Å². The van der Waals surface area contributed by atoms with Gasteiger partial charge in [0.2, 0.25) is 0 Å². The van der Waals surface area contributed by atoms with Gasteiger partial charge in [-0.1, -0.05) is 35.9 Å². The van der Waals surface area contributed by atoms with E-state index in [1.165, 1.54) is 24.3 Å².